The molecule has 2 heterocycles. The maximum Gasteiger partial charge on any atom is 0.317 e. The Balaban J connectivity index is 0.00000300. The second-order valence-electron chi connectivity index (χ2n) is 7.92. The monoisotopic (exact) mass is 423 g/mol. The number of hydrogen-bond acceptors (Lipinski definition) is 4. The summed E-state index contributed by atoms with van der Waals surface area (Å²) in [5, 5.41) is 9.15. The molecule has 1 atom stereocenters. The molecule has 1 aromatic carbocycles. The molecule has 0 spiro atoms. The summed E-state index contributed by atoms with van der Waals surface area (Å²) in [6.45, 7) is 6.21. The van der Waals surface area contributed by atoms with Crippen molar-refractivity contribution >= 4 is 24.3 Å². The van der Waals surface area contributed by atoms with Crippen LogP contribution >= 0.6 is 12.4 Å². The molecule has 3 rings (SSSR count). The maximum atomic E-state index is 13.4. The van der Waals surface area contributed by atoms with Crippen molar-refractivity contribution in [1.82, 2.24) is 14.7 Å². The van der Waals surface area contributed by atoms with Crippen LogP contribution in [0.15, 0.2) is 30.3 Å². The molecule has 162 valence electrons. The van der Waals surface area contributed by atoms with Crippen molar-refractivity contribution in [2.75, 3.05) is 39.3 Å². The van der Waals surface area contributed by atoms with Gasteiger partial charge in [-0.25, -0.2) is 0 Å². The van der Waals surface area contributed by atoms with Crippen molar-refractivity contribution in [2.45, 2.75) is 51.1 Å². The molecule has 2 saturated heterocycles. The van der Waals surface area contributed by atoms with E-state index in [1.807, 2.05) is 34.9 Å². The molecule has 7 heteroatoms. The molecule has 2 aliphatic rings. The van der Waals surface area contributed by atoms with Crippen LogP contribution in [0.1, 0.15) is 50.6 Å². The Morgan fingerprint density at radius 2 is 1.69 bits per heavy atom. The molecule has 6 nitrogen and oxygen atoms in total. The lowest BCUT2D eigenvalue weighted by Gasteiger charge is -2.42. The molecule has 1 unspecified atom stereocenters. The van der Waals surface area contributed by atoms with E-state index in [-0.39, 0.29) is 36.9 Å². The molecular formula is C22H34ClN3O3. The molecule has 2 fully saturated rings. The number of carboxylic acid groups (broad SMARTS) is 1. The van der Waals surface area contributed by atoms with Crippen molar-refractivity contribution < 1.29 is 14.7 Å². The fourth-order valence-electron chi connectivity index (χ4n) is 4.61. The molecule has 0 bridgehead atoms. The number of carbonyl (C=O) groups excluding carboxylic acids is 1. The quantitative estimate of drug-likeness (QED) is 0.730. The van der Waals surface area contributed by atoms with Crippen molar-refractivity contribution in [2.24, 2.45) is 0 Å². The number of halogens is 1. The summed E-state index contributed by atoms with van der Waals surface area (Å²) in [6.07, 6.45) is 5.20. The predicted octanol–water partition coefficient (Wildman–Crippen LogP) is 3.03. The topological polar surface area (TPSA) is 64.1 Å². The molecule has 0 radical (unpaired) electrons. The van der Waals surface area contributed by atoms with Gasteiger partial charge >= 0.3 is 5.97 Å². The number of rotatable bonds is 7. The van der Waals surface area contributed by atoms with Gasteiger partial charge in [-0.15, -0.1) is 12.4 Å². The van der Waals surface area contributed by atoms with E-state index in [0.29, 0.717) is 0 Å². The van der Waals surface area contributed by atoms with E-state index in [2.05, 4.69) is 17.0 Å². The molecule has 29 heavy (non-hydrogen) atoms. The molecule has 1 N–H and O–H groups in total. The summed E-state index contributed by atoms with van der Waals surface area (Å²) in [4.78, 5) is 30.9. The van der Waals surface area contributed by atoms with Crippen LogP contribution in [-0.2, 0) is 9.59 Å². The number of benzene rings is 1. The third kappa shape index (κ3) is 6.17. The van der Waals surface area contributed by atoms with Crippen LogP contribution in [-0.4, -0.2) is 77.0 Å². The minimum absolute atomic E-state index is 0. The zero-order valence-electron chi connectivity index (χ0n) is 17.3. The van der Waals surface area contributed by atoms with Crippen molar-refractivity contribution in [1.29, 1.82) is 0 Å². The van der Waals surface area contributed by atoms with Gasteiger partial charge in [0.05, 0.1) is 6.54 Å². The number of carboxylic acids is 1. The first-order valence-corrected chi connectivity index (χ1v) is 10.6. The summed E-state index contributed by atoms with van der Waals surface area (Å²) in [5.74, 6) is -0.547. The van der Waals surface area contributed by atoms with E-state index >= 15 is 0 Å². The van der Waals surface area contributed by atoms with Gasteiger partial charge < -0.3 is 10.0 Å². The van der Waals surface area contributed by atoms with Gasteiger partial charge in [0, 0.05) is 32.2 Å². The van der Waals surface area contributed by atoms with Crippen LogP contribution in [0.4, 0.5) is 0 Å². The molecule has 1 aromatic rings. The van der Waals surface area contributed by atoms with Crippen molar-refractivity contribution in [3.05, 3.63) is 35.9 Å². The number of nitrogens with zero attached hydrogens (tertiary/aromatic N) is 3. The second-order valence-corrected chi connectivity index (χ2v) is 7.92. The Morgan fingerprint density at radius 3 is 2.24 bits per heavy atom. The van der Waals surface area contributed by atoms with Gasteiger partial charge in [0.15, 0.2) is 0 Å². The van der Waals surface area contributed by atoms with E-state index < -0.39 is 5.97 Å². The Morgan fingerprint density at radius 1 is 1.07 bits per heavy atom. The highest BCUT2D eigenvalue weighted by Crippen LogP contribution is 2.29. The van der Waals surface area contributed by atoms with Gasteiger partial charge in [0.1, 0.15) is 6.04 Å². The van der Waals surface area contributed by atoms with Crippen LogP contribution < -0.4 is 0 Å². The molecule has 0 aliphatic carbocycles. The molecule has 0 aromatic heterocycles. The smallest absolute Gasteiger partial charge is 0.317 e. The highest BCUT2D eigenvalue weighted by atomic mass is 35.5. The van der Waals surface area contributed by atoms with E-state index in [9.17, 15) is 9.59 Å². The minimum atomic E-state index is -0.772. The van der Waals surface area contributed by atoms with Crippen LogP contribution in [0.25, 0.3) is 0 Å². The fraction of sp³-hybridized carbons (Fsp3) is 0.636. The van der Waals surface area contributed by atoms with E-state index in [1.54, 1.807) is 0 Å². The lowest BCUT2D eigenvalue weighted by atomic mass is 9.96. The van der Waals surface area contributed by atoms with Gasteiger partial charge in [-0.3, -0.25) is 19.4 Å². The molecule has 0 saturated carbocycles. The number of likely N-dealkylation sites (tertiary alicyclic amines) is 2. The van der Waals surface area contributed by atoms with Crippen LogP contribution in [0.3, 0.4) is 0 Å². The first-order valence-electron chi connectivity index (χ1n) is 10.6. The summed E-state index contributed by atoms with van der Waals surface area (Å²) >= 11 is 0. The zero-order valence-corrected chi connectivity index (χ0v) is 18.1. The van der Waals surface area contributed by atoms with Crippen LogP contribution in [0.5, 0.6) is 0 Å². The minimum Gasteiger partial charge on any atom is -0.480 e. The Hall–Kier alpha value is -1.63. The third-order valence-corrected chi connectivity index (χ3v) is 6.14. The van der Waals surface area contributed by atoms with Gasteiger partial charge in [0.2, 0.25) is 5.91 Å². The predicted molar refractivity (Wildman–Crippen MR) is 116 cm³/mol. The van der Waals surface area contributed by atoms with Crippen molar-refractivity contribution in [3.8, 4) is 0 Å². The second kappa shape index (κ2) is 11.5. The average molecular weight is 424 g/mol. The number of hydrogen-bond donors (Lipinski definition) is 1. The Bertz CT molecular complexity index is 644. The first-order chi connectivity index (χ1) is 13.6. The summed E-state index contributed by atoms with van der Waals surface area (Å²) in [7, 11) is 0. The van der Waals surface area contributed by atoms with E-state index in [4.69, 9.17) is 5.11 Å². The average Bonchev–Trinajstić information content (AvgIpc) is 2.74. The highest BCUT2D eigenvalue weighted by Gasteiger charge is 2.35. The Kier molecular flexibility index (Phi) is 9.40. The normalized spacial score (nSPS) is 19.6. The fourth-order valence-corrected chi connectivity index (χ4v) is 4.61. The zero-order chi connectivity index (χ0) is 19.9. The number of likely N-dealkylation sites (N-methyl/N-ethyl adjacent to an activating group) is 1. The van der Waals surface area contributed by atoms with Gasteiger partial charge in [-0.05, 0) is 44.2 Å². The summed E-state index contributed by atoms with van der Waals surface area (Å²) in [6, 6.07) is 10.2. The number of amides is 1. The van der Waals surface area contributed by atoms with Gasteiger partial charge in [-0.1, -0.05) is 37.3 Å². The third-order valence-electron chi connectivity index (χ3n) is 6.14. The number of carbonyl (C=O) groups is 2. The number of aliphatic carboxylic acids is 1. The van der Waals surface area contributed by atoms with Gasteiger partial charge in [-0.2, -0.15) is 0 Å². The molecule has 2 aliphatic heterocycles. The van der Waals surface area contributed by atoms with Crippen molar-refractivity contribution in [3.63, 3.8) is 0 Å². The Labute approximate surface area is 180 Å². The van der Waals surface area contributed by atoms with Gasteiger partial charge in [0.25, 0.3) is 0 Å². The van der Waals surface area contributed by atoms with E-state index in [1.165, 1.54) is 6.42 Å². The van der Waals surface area contributed by atoms with Crippen LogP contribution in [0.2, 0.25) is 0 Å². The lowest BCUT2D eigenvalue weighted by Crippen LogP contribution is -2.51. The SMILES string of the molecule is CCN(CC(=O)O)C1CCN(C(C(=O)N2CCCCC2)c2ccccc2)CC1.Cl. The lowest BCUT2D eigenvalue weighted by molar-refractivity contribution is -0.139. The molecule has 1 amide bonds. The number of piperidine rings is 2. The standard InChI is InChI=1S/C22H33N3O3.ClH/c1-2-23(17-20(26)27)19-11-15-24(16-12-19)21(18-9-5-3-6-10-18)22(28)25-13-7-4-8-14-25;/h3,5-6,9-10,19,21H,2,4,7-8,11-17H2,1H3,(H,26,27);1H. The maximum absolute atomic E-state index is 13.4. The first kappa shape index (κ1) is 23.6. The van der Waals surface area contributed by atoms with Crippen LogP contribution in [0, 0.1) is 0 Å². The molecular weight excluding hydrogens is 390 g/mol. The van der Waals surface area contributed by atoms with E-state index in [0.717, 1.165) is 64.0 Å². The highest BCUT2D eigenvalue weighted by molar-refractivity contribution is 5.85. The summed E-state index contributed by atoms with van der Waals surface area (Å²) < 4.78 is 0. The largest absolute Gasteiger partial charge is 0.480 e. The summed E-state index contributed by atoms with van der Waals surface area (Å²) in [5.41, 5.74) is 1.06.